The van der Waals surface area contributed by atoms with Gasteiger partial charge in [0.25, 0.3) is 0 Å². The average molecular weight is 127 g/mol. The number of nitriles is 1. The van der Waals surface area contributed by atoms with Gasteiger partial charge in [0.15, 0.2) is 8.32 Å². The Hall–Kier alpha value is -0.333. The van der Waals surface area contributed by atoms with Gasteiger partial charge in [0.2, 0.25) is 6.61 Å². The summed E-state index contributed by atoms with van der Waals surface area (Å²) in [7, 11) is -1.51. The van der Waals surface area contributed by atoms with Crippen molar-refractivity contribution in [1.29, 1.82) is 5.26 Å². The molecule has 0 heterocycles. The summed E-state index contributed by atoms with van der Waals surface area (Å²) in [6.45, 7) is 8.15. The molecule has 0 saturated heterocycles. The van der Waals surface area contributed by atoms with Gasteiger partial charge in [-0.05, 0) is 19.6 Å². The van der Waals surface area contributed by atoms with Gasteiger partial charge in [-0.25, -0.2) is 0 Å². The van der Waals surface area contributed by atoms with Gasteiger partial charge in [-0.1, -0.05) is 0 Å². The zero-order valence-electron chi connectivity index (χ0n) is 5.36. The van der Waals surface area contributed by atoms with Crippen LogP contribution < -0.4 is 0 Å². The first kappa shape index (κ1) is 7.67. The van der Waals surface area contributed by atoms with E-state index in [1.165, 1.54) is 0 Å². The van der Waals surface area contributed by atoms with Crippen molar-refractivity contribution in [2.75, 3.05) is 0 Å². The molecule has 0 atom stereocenters. The van der Waals surface area contributed by atoms with Crippen molar-refractivity contribution in [2.45, 2.75) is 19.6 Å². The quantitative estimate of drug-likeness (QED) is 0.525. The number of nitrogens with zero attached hydrogens (tertiary/aromatic N) is 1. The van der Waals surface area contributed by atoms with Crippen LogP contribution in [0.25, 0.3) is 0 Å². The molecule has 0 aliphatic carbocycles. The molecule has 0 aliphatic heterocycles. The van der Waals surface area contributed by atoms with E-state index in [-0.39, 0.29) is 0 Å². The molecule has 3 heteroatoms. The van der Waals surface area contributed by atoms with Gasteiger partial charge in [-0.2, -0.15) is 5.26 Å². The molecule has 0 N–H and O–H groups in total. The molecule has 44 valence electrons. The molecule has 0 spiro atoms. The second-order valence-corrected chi connectivity index (χ2v) is 6.86. The maximum Gasteiger partial charge on any atom is 0.236 e. The number of hydrogen-bond donors (Lipinski definition) is 0. The summed E-state index contributed by atoms with van der Waals surface area (Å²) >= 11 is 0. The molecule has 0 aliphatic rings. The second kappa shape index (κ2) is 2.85. The molecule has 0 unspecified atom stereocenters. The van der Waals surface area contributed by atoms with Gasteiger partial charge in [0, 0.05) is 0 Å². The minimum absolute atomic E-state index is 1.51. The first-order valence-electron chi connectivity index (χ1n) is 2.38. The van der Waals surface area contributed by atoms with Gasteiger partial charge < -0.3 is 4.43 Å². The fourth-order valence-corrected chi connectivity index (χ4v) is 0.528. The van der Waals surface area contributed by atoms with Crippen LogP contribution in [0, 0.1) is 17.9 Å². The van der Waals surface area contributed by atoms with Crippen LogP contribution in [0.3, 0.4) is 0 Å². The van der Waals surface area contributed by atoms with Gasteiger partial charge in [-0.15, -0.1) is 0 Å². The summed E-state index contributed by atoms with van der Waals surface area (Å²) < 4.78 is 4.91. The van der Waals surface area contributed by atoms with E-state index in [2.05, 4.69) is 6.61 Å². The van der Waals surface area contributed by atoms with Gasteiger partial charge in [0.05, 0.1) is 0 Å². The fourth-order valence-electron chi connectivity index (χ4n) is 0.176. The van der Waals surface area contributed by atoms with Crippen molar-refractivity contribution in [1.82, 2.24) is 0 Å². The summed E-state index contributed by atoms with van der Waals surface area (Å²) in [5.41, 5.74) is 0. The molecule has 2 radical (unpaired) electrons. The van der Waals surface area contributed by atoms with Crippen LogP contribution in [-0.2, 0) is 4.43 Å². The van der Waals surface area contributed by atoms with Crippen LogP contribution in [0.1, 0.15) is 0 Å². The Labute approximate surface area is 51.2 Å². The highest BCUT2D eigenvalue weighted by Gasteiger charge is 2.13. The molecule has 2 nitrogen and oxygen atoms in total. The monoisotopic (exact) mass is 127 g/mol. The highest BCUT2D eigenvalue weighted by Crippen LogP contribution is 2.02. The van der Waals surface area contributed by atoms with Gasteiger partial charge in [-0.3, -0.25) is 0 Å². The summed E-state index contributed by atoms with van der Waals surface area (Å²) in [6, 6.07) is 1.69. The lowest BCUT2D eigenvalue weighted by molar-refractivity contribution is 0.435. The molecule has 0 aromatic carbocycles. The van der Waals surface area contributed by atoms with E-state index in [0.717, 1.165) is 0 Å². The summed E-state index contributed by atoms with van der Waals surface area (Å²) in [5.74, 6) is 0. The number of hydrogen-bond acceptors (Lipinski definition) is 2. The molecule has 0 aromatic rings. The van der Waals surface area contributed by atoms with Crippen LogP contribution in [0.15, 0.2) is 0 Å². The van der Waals surface area contributed by atoms with E-state index in [0.29, 0.717) is 0 Å². The molecular weight excluding hydrogens is 118 g/mol. The van der Waals surface area contributed by atoms with E-state index in [9.17, 15) is 0 Å². The molecule has 0 amide bonds. The zero-order chi connectivity index (χ0) is 6.62. The fraction of sp³-hybridized carbons (Fsp3) is 0.600. The first-order chi connectivity index (χ1) is 3.56. The lowest BCUT2D eigenvalue weighted by Crippen LogP contribution is -2.23. The zero-order valence-corrected chi connectivity index (χ0v) is 6.36. The predicted octanol–water partition coefficient (Wildman–Crippen LogP) is 1.40. The lowest BCUT2D eigenvalue weighted by atomic mass is 10.9. The van der Waals surface area contributed by atoms with Crippen LogP contribution in [0.2, 0.25) is 19.6 Å². The maximum atomic E-state index is 7.97. The Morgan fingerprint density at radius 3 is 2.00 bits per heavy atom. The van der Waals surface area contributed by atoms with E-state index in [4.69, 9.17) is 9.69 Å². The molecule has 8 heavy (non-hydrogen) atoms. The minimum atomic E-state index is -1.51. The van der Waals surface area contributed by atoms with Crippen LogP contribution in [-0.4, -0.2) is 8.32 Å². The normalized spacial score (nSPS) is 10.8. The average Bonchev–Trinajstić information content (AvgIpc) is 1.59. The summed E-state index contributed by atoms with van der Waals surface area (Å²) in [6.07, 6.45) is 0. The molecule has 0 bridgehead atoms. The molecule has 0 fully saturated rings. The standard InChI is InChI=1S/C5H9NOSi/c1-8(2,3)7-5-4-6/h1-3H3. The maximum absolute atomic E-state index is 7.97. The van der Waals surface area contributed by atoms with E-state index >= 15 is 0 Å². The van der Waals surface area contributed by atoms with E-state index < -0.39 is 8.32 Å². The van der Waals surface area contributed by atoms with Crippen molar-refractivity contribution in [3.8, 4) is 6.07 Å². The van der Waals surface area contributed by atoms with Crippen molar-refractivity contribution < 1.29 is 4.43 Å². The highest BCUT2D eigenvalue weighted by atomic mass is 28.4. The Morgan fingerprint density at radius 2 is 1.88 bits per heavy atom. The molecule has 0 rings (SSSR count). The van der Waals surface area contributed by atoms with Crippen molar-refractivity contribution in [2.24, 2.45) is 0 Å². The third-order valence-corrected chi connectivity index (χ3v) is 1.12. The Balaban J connectivity index is 3.28. The lowest BCUT2D eigenvalue weighted by Gasteiger charge is -2.11. The van der Waals surface area contributed by atoms with E-state index in [1.54, 1.807) is 6.07 Å². The van der Waals surface area contributed by atoms with Crippen LogP contribution in [0.5, 0.6) is 0 Å². The van der Waals surface area contributed by atoms with Gasteiger partial charge >= 0.3 is 0 Å². The third-order valence-electron chi connectivity index (χ3n) is 0.403. The smallest absolute Gasteiger partial charge is 0.236 e. The first-order valence-corrected chi connectivity index (χ1v) is 5.79. The van der Waals surface area contributed by atoms with Crippen molar-refractivity contribution in [3.05, 3.63) is 6.61 Å². The summed E-state index contributed by atoms with van der Waals surface area (Å²) in [5, 5.41) is 7.97. The van der Waals surface area contributed by atoms with E-state index in [1.807, 2.05) is 19.6 Å². The predicted molar refractivity (Wildman–Crippen MR) is 33.3 cm³/mol. The van der Waals surface area contributed by atoms with Gasteiger partial charge in [0.1, 0.15) is 6.07 Å². The molecule has 0 aromatic heterocycles. The largest absolute Gasteiger partial charge is 0.394 e. The Morgan fingerprint density at radius 1 is 1.38 bits per heavy atom. The number of rotatable bonds is 2. The SMILES string of the molecule is C[Si](C)(C)O[C]C#N. The minimum Gasteiger partial charge on any atom is -0.394 e. The second-order valence-electron chi connectivity index (χ2n) is 2.43. The van der Waals surface area contributed by atoms with Crippen LogP contribution >= 0.6 is 0 Å². The van der Waals surface area contributed by atoms with Crippen molar-refractivity contribution >= 4 is 8.32 Å². The molecular formula is C5H9NOSi. The Kier molecular flexibility index (Phi) is 2.73. The van der Waals surface area contributed by atoms with Crippen molar-refractivity contribution in [3.63, 3.8) is 0 Å². The topological polar surface area (TPSA) is 33.0 Å². The highest BCUT2D eigenvalue weighted by molar-refractivity contribution is 6.69. The molecule has 0 saturated carbocycles. The Bertz CT molecular complexity index is 100.0. The summed E-state index contributed by atoms with van der Waals surface area (Å²) in [4.78, 5) is 0. The third kappa shape index (κ3) is 5.67. The van der Waals surface area contributed by atoms with Crippen LogP contribution in [0.4, 0.5) is 0 Å².